The SMILES string of the molecule is O=c1ccnc(SCc2nnc(Cl)s2)[nH]1. The molecule has 0 amide bonds. The van der Waals surface area contributed by atoms with Crippen molar-refractivity contribution in [2.45, 2.75) is 10.9 Å². The molecule has 0 aliphatic carbocycles. The zero-order valence-electron chi connectivity index (χ0n) is 7.31. The van der Waals surface area contributed by atoms with Crippen LogP contribution < -0.4 is 5.56 Å². The zero-order chi connectivity index (χ0) is 10.7. The molecule has 0 radical (unpaired) electrons. The highest BCUT2D eigenvalue weighted by atomic mass is 35.5. The fourth-order valence-corrected chi connectivity index (χ4v) is 2.55. The Morgan fingerprint density at radius 3 is 3.07 bits per heavy atom. The summed E-state index contributed by atoms with van der Waals surface area (Å²) in [6.45, 7) is 0. The maximum Gasteiger partial charge on any atom is 0.251 e. The van der Waals surface area contributed by atoms with E-state index in [1.165, 1.54) is 35.4 Å². The summed E-state index contributed by atoms with van der Waals surface area (Å²) < 4.78 is 0.417. The third kappa shape index (κ3) is 3.01. The number of rotatable bonds is 3. The average Bonchev–Trinajstić information content (AvgIpc) is 2.62. The van der Waals surface area contributed by atoms with Gasteiger partial charge in [0, 0.05) is 12.3 Å². The smallest absolute Gasteiger partial charge is 0.251 e. The van der Waals surface area contributed by atoms with Crippen molar-refractivity contribution in [3.05, 3.63) is 32.1 Å². The van der Waals surface area contributed by atoms with E-state index in [1.807, 2.05) is 0 Å². The topological polar surface area (TPSA) is 71.5 Å². The largest absolute Gasteiger partial charge is 0.301 e. The monoisotopic (exact) mass is 260 g/mol. The zero-order valence-corrected chi connectivity index (χ0v) is 9.70. The summed E-state index contributed by atoms with van der Waals surface area (Å²) in [7, 11) is 0. The number of thioether (sulfide) groups is 1. The summed E-state index contributed by atoms with van der Waals surface area (Å²) in [6.07, 6.45) is 1.47. The van der Waals surface area contributed by atoms with Crippen LogP contribution in [0.1, 0.15) is 5.01 Å². The lowest BCUT2D eigenvalue weighted by atomic mass is 10.7. The quantitative estimate of drug-likeness (QED) is 0.670. The van der Waals surface area contributed by atoms with Crippen molar-refractivity contribution in [1.29, 1.82) is 0 Å². The van der Waals surface area contributed by atoms with Crippen molar-refractivity contribution >= 4 is 34.7 Å². The van der Waals surface area contributed by atoms with Crippen LogP contribution in [0.3, 0.4) is 0 Å². The summed E-state index contributed by atoms with van der Waals surface area (Å²) >= 11 is 8.33. The minimum Gasteiger partial charge on any atom is -0.301 e. The molecule has 0 atom stereocenters. The van der Waals surface area contributed by atoms with Gasteiger partial charge in [0.05, 0.1) is 5.75 Å². The number of hydrogen-bond donors (Lipinski definition) is 1. The van der Waals surface area contributed by atoms with E-state index in [9.17, 15) is 4.79 Å². The Kier molecular flexibility index (Phi) is 3.34. The molecule has 2 rings (SSSR count). The number of nitrogens with one attached hydrogen (secondary N) is 1. The molecular formula is C7H5ClN4OS2. The number of aromatic amines is 1. The van der Waals surface area contributed by atoms with Crippen LogP contribution in [0.4, 0.5) is 0 Å². The number of H-pyrrole nitrogens is 1. The van der Waals surface area contributed by atoms with Gasteiger partial charge < -0.3 is 4.98 Å². The molecule has 78 valence electrons. The Morgan fingerprint density at radius 2 is 2.40 bits per heavy atom. The second kappa shape index (κ2) is 4.73. The normalized spacial score (nSPS) is 10.5. The van der Waals surface area contributed by atoms with E-state index in [0.717, 1.165) is 5.01 Å². The summed E-state index contributed by atoms with van der Waals surface area (Å²) in [5, 5.41) is 8.89. The first-order valence-corrected chi connectivity index (χ1v) is 6.08. The van der Waals surface area contributed by atoms with Gasteiger partial charge in [-0.25, -0.2) is 4.98 Å². The fourth-order valence-electron chi connectivity index (χ4n) is 0.847. The van der Waals surface area contributed by atoms with Crippen molar-refractivity contribution in [3.8, 4) is 0 Å². The molecule has 2 aromatic rings. The van der Waals surface area contributed by atoms with Crippen molar-refractivity contribution in [1.82, 2.24) is 20.2 Å². The molecule has 0 fully saturated rings. The third-order valence-corrected chi connectivity index (χ3v) is 3.52. The van der Waals surface area contributed by atoms with Gasteiger partial charge >= 0.3 is 0 Å². The Morgan fingerprint density at radius 1 is 1.53 bits per heavy atom. The van der Waals surface area contributed by atoms with Gasteiger partial charge in [-0.3, -0.25) is 4.79 Å². The first kappa shape index (κ1) is 10.6. The predicted molar refractivity (Wildman–Crippen MR) is 59.3 cm³/mol. The molecule has 1 N–H and O–H groups in total. The molecule has 0 unspecified atom stereocenters. The average molecular weight is 261 g/mol. The van der Waals surface area contributed by atoms with Crippen molar-refractivity contribution in [3.63, 3.8) is 0 Å². The molecule has 0 saturated heterocycles. The van der Waals surface area contributed by atoms with Crippen LogP contribution in [-0.4, -0.2) is 20.2 Å². The summed E-state index contributed by atoms with van der Waals surface area (Å²) in [5.41, 5.74) is -0.164. The fraction of sp³-hybridized carbons (Fsp3) is 0.143. The molecular weight excluding hydrogens is 256 g/mol. The molecule has 2 aromatic heterocycles. The Hall–Kier alpha value is -0.920. The van der Waals surface area contributed by atoms with Crippen molar-refractivity contribution < 1.29 is 0 Å². The lowest BCUT2D eigenvalue weighted by Gasteiger charge is -1.95. The molecule has 0 spiro atoms. The molecule has 0 saturated carbocycles. The first-order chi connectivity index (χ1) is 7.24. The molecule has 15 heavy (non-hydrogen) atoms. The molecule has 0 aliphatic rings. The minimum atomic E-state index is -0.164. The van der Waals surface area contributed by atoms with Crippen molar-refractivity contribution in [2.24, 2.45) is 0 Å². The Labute approximate surface area is 97.9 Å². The van der Waals surface area contributed by atoms with Crippen LogP contribution in [0.25, 0.3) is 0 Å². The van der Waals surface area contributed by atoms with Crippen LogP contribution in [0.15, 0.2) is 22.2 Å². The van der Waals surface area contributed by atoms with E-state index in [2.05, 4.69) is 20.2 Å². The van der Waals surface area contributed by atoms with Crippen LogP contribution in [0, 0.1) is 0 Å². The van der Waals surface area contributed by atoms with E-state index in [4.69, 9.17) is 11.6 Å². The highest BCUT2D eigenvalue weighted by Gasteiger charge is 2.03. The van der Waals surface area contributed by atoms with E-state index in [1.54, 1.807) is 0 Å². The lowest BCUT2D eigenvalue weighted by molar-refractivity contribution is 0.934. The first-order valence-electron chi connectivity index (χ1n) is 3.90. The van der Waals surface area contributed by atoms with E-state index >= 15 is 0 Å². The second-order valence-electron chi connectivity index (χ2n) is 2.48. The molecule has 8 heteroatoms. The van der Waals surface area contributed by atoms with Crippen LogP contribution in [0.5, 0.6) is 0 Å². The molecule has 0 aromatic carbocycles. The Balaban J connectivity index is 2.02. The van der Waals surface area contributed by atoms with Crippen LogP contribution >= 0.6 is 34.7 Å². The molecule has 0 aliphatic heterocycles. The lowest BCUT2D eigenvalue weighted by Crippen LogP contribution is -2.05. The molecule has 0 bridgehead atoms. The standard InChI is InChI=1S/C7H5ClN4OS2/c8-6-12-11-5(15-6)3-14-7-9-2-1-4(13)10-7/h1-2H,3H2,(H,9,10,13). The van der Waals surface area contributed by atoms with E-state index in [-0.39, 0.29) is 5.56 Å². The van der Waals surface area contributed by atoms with Gasteiger partial charge in [0.2, 0.25) is 4.47 Å². The van der Waals surface area contributed by atoms with E-state index < -0.39 is 0 Å². The van der Waals surface area contributed by atoms with Gasteiger partial charge in [-0.15, -0.1) is 10.2 Å². The predicted octanol–water partition coefficient (Wildman–Crippen LogP) is 1.57. The maximum absolute atomic E-state index is 11.0. The van der Waals surface area contributed by atoms with Gasteiger partial charge in [-0.1, -0.05) is 23.1 Å². The summed E-state index contributed by atoms with van der Waals surface area (Å²) in [6, 6.07) is 1.37. The van der Waals surface area contributed by atoms with Gasteiger partial charge in [-0.2, -0.15) is 0 Å². The van der Waals surface area contributed by atoms with E-state index in [0.29, 0.717) is 15.4 Å². The Bertz CT molecular complexity index is 511. The maximum atomic E-state index is 11.0. The van der Waals surface area contributed by atoms with Gasteiger partial charge in [-0.05, 0) is 11.6 Å². The number of aromatic nitrogens is 4. The second-order valence-corrected chi connectivity index (χ2v) is 5.08. The summed E-state index contributed by atoms with van der Waals surface area (Å²) in [5.74, 6) is 0.595. The molecule has 5 nitrogen and oxygen atoms in total. The highest BCUT2D eigenvalue weighted by molar-refractivity contribution is 7.98. The van der Waals surface area contributed by atoms with Gasteiger partial charge in [0.25, 0.3) is 5.56 Å². The molecule has 2 heterocycles. The number of hydrogen-bond acceptors (Lipinski definition) is 6. The number of nitrogens with zero attached hydrogens (tertiary/aromatic N) is 3. The van der Waals surface area contributed by atoms with Crippen LogP contribution in [-0.2, 0) is 5.75 Å². The summed E-state index contributed by atoms with van der Waals surface area (Å²) in [4.78, 5) is 17.5. The minimum absolute atomic E-state index is 0.164. The third-order valence-electron chi connectivity index (χ3n) is 1.42. The van der Waals surface area contributed by atoms with Crippen LogP contribution in [0.2, 0.25) is 4.47 Å². The number of halogens is 1. The highest BCUT2D eigenvalue weighted by Crippen LogP contribution is 2.22. The van der Waals surface area contributed by atoms with Gasteiger partial charge in [0.15, 0.2) is 5.16 Å². The van der Waals surface area contributed by atoms with Gasteiger partial charge in [0.1, 0.15) is 5.01 Å². The van der Waals surface area contributed by atoms with Crippen molar-refractivity contribution in [2.75, 3.05) is 0 Å².